The standard InChI is InChI=1S/C14H13NO3S2/c1-6-3-9(18-5-11(16)17)8-4-10-13(12(8)7(6)2)15-14(19)20-10/h3H,4-5H2,1-2H3,(H,15,19)(H,16,17)/p-1. The van der Waals surface area contributed by atoms with Crippen molar-refractivity contribution >= 4 is 29.5 Å². The third-order valence-corrected chi connectivity index (χ3v) is 4.80. The predicted molar refractivity (Wildman–Crippen MR) is 77.7 cm³/mol. The molecule has 0 bridgehead atoms. The lowest BCUT2D eigenvalue weighted by Crippen LogP contribution is -2.29. The largest absolute Gasteiger partial charge is 0.546 e. The SMILES string of the molecule is Cc1cc(OCC(=O)[O-])c2c(c1C)-c1[nH]c(=S)sc1C2. The number of carbonyl (C=O) groups is 1. The summed E-state index contributed by atoms with van der Waals surface area (Å²) in [5.41, 5.74) is 5.41. The molecule has 0 saturated carbocycles. The number of hydrogen-bond acceptors (Lipinski definition) is 5. The molecule has 0 spiro atoms. The van der Waals surface area contributed by atoms with E-state index in [1.807, 2.05) is 13.0 Å². The number of benzene rings is 1. The molecule has 0 atom stereocenters. The molecule has 4 nitrogen and oxygen atoms in total. The Labute approximate surface area is 125 Å². The van der Waals surface area contributed by atoms with Crippen molar-refractivity contribution in [1.29, 1.82) is 0 Å². The number of H-pyrrole nitrogens is 1. The van der Waals surface area contributed by atoms with Crippen LogP contribution in [0.25, 0.3) is 11.3 Å². The van der Waals surface area contributed by atoms with Gasteiger partial charge in [-0.2, -0.15) is 0 Å². The molecule has 0 amide bonds. The maximum Gasteiger partial charge on any atom is 0.159 e. The lowest BCUT2D eigenvalue weighted by molar-refractivity contribution is -0.307. The number of aromatic nitrogens is 1. The summed E-state index contributed by atoms with van der Waals surface area (Å²) in [6.45, 7) is 3.61. The van der Waals surface area contributed by atoms with Gasteiger partial charge in [-0.15, -0.1) is 11.3 Å². The minimum absolute atomic E-state index is 0.432. The number of carbonyl (C=O) groups excluding carboxylic acids is 1. The van der Waals surface area contributed by atoms with Gasteiger partial charge in [0.15, 0.2) is 3.95 Å². The average molecular weight is 306 g/mol. The topological polar surface area (TPSA) is 65.2 Å². The first-order valence-electron chi connectivity index (χ1n) is 6.15. The van der Waals surface area contributed by atoms with Gasteiger partial charge in [-0.3, -0.25) is 0 Å². The number of thiazole rings is 1. The number of fused-ring (bicyclic) bond motifs is 3. The molecule has 3 rings (SSSR count). The van der Waals surface area contributed by atoms with Gasteiger partial charge in [-0.05, 0) is 43.3 Å². The Balaban J connectivity index is 2.15. The third-order valence-electron chi connectivity index (χ3n) is 3.57. The van der Waals surface area contributed by atoms with Crippen LogP contribution in [0, 0.1) is 17.8 Å². The molecule has 0 unspecified atom stereocenters. The molecule has 1 heterocycles. The van der Waals surface area contributed by atoms with E-state index in [0.717, 1.165) is 32.8 Å². The molecule has 1 aromatic heterocycles. The molecule has 20 heavy (non-hydrogen) atoms. The minimum Gasteiger partial charge on any atom is -0.546 e. The van der Waals surface area contributed by atoms with E-state index in [0.29, 0.717) is 5.75 Å². The molecule has 104 valence electrons. The zero-order chi connectivity index (χ0) is 14.4. The van der Waals surface area contributed by atoms with Crippen LogP contribution in [0.15, 0.2) is 6.07 Å². The molecular formula is C14H12NO3S2-. The van der Waals surface area contributed by atoms with Gasteiger partial charge in [0, 0.05) is 22.4 Å². The van der Waals surface area contributed by atoms with E-state index in [1.165, 1.54) is 10.4 Å². The normalized spacial score (nSPS) is 12.1. The van der Waals surface area contributed by atoms with Crippen molar-refractivity contribution < 1.29 is 14.6 Å². The summed E-state index contributed by atoms with van der Waals surface area (Å²) in [6, 6.07) is 1.89. The fourth-order valence-corrected chi connectivity index (χ4v) is 3.82. The zero-order valence-electron chi connectivity index (χ0n) is 11.0. The highest BCUT2D eigenvalue weighted by Crippen LogP contribution is 2.45. The second-order valence-electron chi connectivity index (χ2n) is 4.82. The predicted octanol–water partition coefficient (Wildman–Crippen LogP) is 2.12. The maximum atomic E-state index is 10.6. The number of rotatable bonds is 3. The lowest BCUT2D eigenvalue weighted by Gasteiger charge is -2.15. The Kier molecular flexibility index (Phi) is 3.14. The molecule has 1 aliphatic rings. The summed E-state index contributed by atoms with van der Waals surface area (Å²) in [4.78, 5) is 15.0. The van der Waals surface area contributed by atoms with Gasteiger partial charge < -0.3 is 19.6 Å². The van der Waals surface area contributed by atoms with Crippen molar-refractivity contribution in [3.63, 3.8) is 0 Å². The Morgan fingerprint density at radius 3 is 3.00 bits per heavy atom. The first-order valence-corrected chi connectivity index (χ1v) is 7.38. The number of aryl methyl sites for hydroxylation is 1. The van der Waals surface area contributed by atoms with E-state index in [1.54, 1.807) is 11.3 Å². The van der Waals surface area contributed by atoms with Crippen LogP contribution in [0.4, 0.5) is 0 Å². The van der Waals surface area contributed by atoms with Crippen LogP contribution in [0.5, 0.6) is 5.75 Å². The number of aliphatic carboxylic acids is 1. The summed E-state index contributed by atoms with van der Waals surface area (Å²) < 4.78 is 6.14. The van der Waals surface area contributed by atoms with E-state index in [9.17, 15) is 9.90 Å². The van der Waals surface area contributed by atoms with Crippen LogP contribution in [0.2, 0.25) is 0 Å². The Morgan fingerprint density at radius 1 is 1.55 bits per heavy atom. The van der Waals surface area contributed by atoms with Gasteiger partial charge in [0.2, 0.25) is 0 Å². The second kappa shape index (κ2) is 4.71. The van der Waals surface area contributed by atoms with Crippen LogP contribution < -0.4 is 9.84 Å². The molecule has 0 fully saturated rings. The molecule has 0 aliphatic heterocycles. The van der Waals surface area contributed by atoms with Crippen molar-refractivity contribution in [2.45, 2.75) is 20.3 Å². The van der Waals surface area contributed by atoms with Crippen molar-refractivity contribution in [2.75, 3.05) is 6.61 Å². The highest BCUT2D eigenvalue weighted by molar-refractivity contribution is 7.73. The fraction of sp³-hybridized carbons (Fsp3) is 0.286. The minimum atomic E-state index is -1.22. The molecular weight excluding hydrogens is 294 g/mol. The van der Waals surface area contributed by atoms with Crippen molar-refractivity contribution in [1.82, 2.24) is 4.98 Å². The van der Waals surface area contributed by atoms with Crippen molar-refractivity contribution in [2.24, 2.45) is 0 Å². The van der Waals surface area contributed by atoms with Gasteiger partial charge in [-0.25, -0.2) is 0 Å². The number of nitrogens with one attached hydrogen (secondary N) is 1. The van der Waals surface area contributed by atoms with Crippen LogP contribution in [-0.4, -0.2) is 17.6 Å². The van der Waals surface area contributed by atoms with E-state index in [4.69, 9.17) is 17.0 Å². The summed E-state index contributed by atoms with van der Waals surface area (Å²) >= 11 is 6.75. The molecule has 1 aromatic carbocycles. The molecule has 0 saturated heterocycles. The maximum absolute atomic E-state index is 10.6. The van der Waals surface area contributed by atoms with Crippen LogP contribution in [-0.2, 0) is 11.2 Å². The van der Waals surface area contributed by atoms with Gasteiger partial charge in [0.25, 0.3) is 0 Å². The highest BCUT2D eigenvalue weighted by Gasteiger charge is 2.27. The van der Waals surface area contributed by atoms with Gasteiger partial charge in [0.05, 0.1) is 11.7 Å². The Morgan fingerprint density at radius 2 is 2.30 bits per heavy atom. The average Bonchev–Trinajstić information content (AvgIpc) is 2.87. The van der Waals surface area contributed by atoms with Crippen LogP contribution in [0.1, 0.15) is 21.6 Å². The third kappa shape index (κ3) is 2.05. The Bertz CT molecular complexity index is 773. The number of aromatic amines is 1. The van der Waals surface area contributed by atoms with Gasteiger partial charge in [-0.1, -0.05) is 0 Å². The molecule has 1 N–H and O–H groups in total. The number of hydrogen-bond donors (Lipinski definition) is 1. The fourth-order valence-electron chi connectivity index (χ4n) is 2.57. The zero-order valence-corrected chi connectivity index (χ0v) is 12.7. The number of ether oxygens (including phenoxy) is 1. The van der Waals surface area contributed by atoms with Gasteiger partial charge >= 0.3 is 0 Å². The number of carboxylic acids is 1. The molecule has 1 aliphatic carbocycles. The Hall–Kier alpha value is -1.66. The van der Waals surface area contributed by atoms with Crippen LogP contribution >= 0.6 is 23.6 Å². The van der Waals surface area contributed by atoms with E-state index < -0.39 is 12.6 Å². The van der Waals surface area contributed by atoms with Crippen LogP contribution in [0.3, 0.4) is 0 Å². The van der Waals surface area contributed by atoms with Crippen molar-refractivity contribution in [3.8, 4) is 17.0 Å². The highest BCUT2D eigenvalue weighted by atomic mass is 32.1. The van der Waals surface area contributed by atoms with E-state index >= 15 is 0 Å². The first kappa shape index (κ1) is 13.3. The summed E-state index contributed by atoms with van der Waals surface area (Å²) in [5, 5.41) is 10.6. The van der Waals surface area contributed by atoms with Crippen molar-refractivity contribution in [3.05, 3.63) is 31.6 Å². The summed E-state index contributed by atoms with van der Waals surface area (Å²) in [6.07, 6.45) is 0.728. The van der Waals surface area contributed by atoms with E-state index in [2.05, 4.69) is 11.9 Å². The summed E-state index contributed by atoms with van der Waals surface area (Å²) in [5.74, 6) is -0.598. The lowest BCUT2D eigenvalue weighted by atomic mass is 9.98. The van der Waals surface area contributed by atoms with E-state index in [-0.39, 0.29) is 0 Å². The molecule has 0 radical (unpaired) electrons. The molecule has 6 heteroatoms. The monoisotopic (exact) mass is 306 g/mol. The number of carboxylic acid groups (broad SMARTS) is 1. The summed E-state index contributed by atoms with van der Waals surface area (Å²) in [7, 11) is 0. The quantitative estimate of drug-likeness (QED) is 0.753. The van der Waals surface area contributed by atoms with Gasteiger partial charge in [0.1, 0.15) is 12.4 Å². The smallest absolute Gasteiger partial charge is 0.159 e. The second-order valence-corrected chi connectivity index (χ2v) is 6.59. The first-order chi connectivity index (χ1) is 9.47. The molecule has 2 aromatic rings.